The van der Waals surface area contributed by atoms with E-state index >= 15 is 0 Å². The van der Waals surface area contributed by atoms with Crippen LogP contribution < -0.4 is 5.56 Å². The second-order valence-corrected chi connectivity index (χ2v) is 6.93. The number of hydrogen-bond donors (Lipinski definition) is 1. The molecule has 23 heavy (non-hydrogen) atoms. The van der Waals surface area contributed by atoms with Crippen molar-refractivity contribution in [1.82, 2.24) is 9.55 Å². The molecule has 3 rings (SSSR count). The van der Waals surface area contributed by atoms with E-state index in [1.54, 1.807) is 36.8 Å². The molecule has 2 aromatic heterocycles. The van der Waals surface area contributed by atoms with E-state index in [0.29, 0.717) is 34.1 Å². The summed E-state index contributed by atoms with van der Waals surface area (Å²) in [5.74, 6) is 1.13. The lowest BCUT2D eigenvalue weighted by molar-refractivity contribution is 0.107. The van der Waals surface area contributed by atoms with Gasteiger partial charge in [0, 0.05) is 5.75 Å². The molecule has 0 spiro atoms. The Labute approximate surface area is 138 Å². The molecule has 120 valence electrons. The number of nitrogens with zero attached hydrogens (tertiary/aromatic N) is 2. The lowest BCUT2D eigenvalue weighted by Crippen LogP contribution is -2.26. The highest BCUT2D eigenvalue weighted by molar-refractivity contribution is 7.99. The zero-order valence-corrected chi connectivity index (χ0v) is 13.8. The van der Waals surface area contributed by atoms with Crippen molar-refractivity contribution in [3.8, 4) is 0 Å². The summed E-state index contributed by atoms with van der Waals surface area (Å²) in [5.41, 5.74) is -0.291. The molecular formula is C17H18N2O3S. The van der Waals surface area contributed by atoms with Gasteiger partial charge in [0.05, 0.1) is 29.3 Å². The Morgan fingerprint density at radius 3 is 2.74 bits per heavy atom. The van der Waals surface area contributed by atoms with Crippen molar-refractivity contribution in [3.05, 3.63) is 58.8 Å². The van der Waals surface area contributed by atoms with Crippen LogP contribution >= 0.6 is 11.8 Å². The van der Waals surface area contributed by atoms with Gasteiger partial charge in [-0.25, -0.2) is 4.98 Å². The summed E-state index contributed by atoms with van der Waals surface area (Å²) in [5, 5.41) is 11.1. The zero-order valence-electron chi connectivity index (χ0n) is 13.0. The van der Waals surface area contributed by atoms with Crippen LogP contribution in [-0.4, -0.2) is 26.0 Å². The predicted molar refractivity (Wildman–Crippen MR) is 90.8 cm³/mol. The second-order valence-electron chi connectivity index (χ2n) is 5.98. The standard InChI is InChI=1S/C17H18N2O3S/c1-17(2,21)11-23-16-18-14-8-4-3-7-13(14)15(20)19(16)10-12-6-5-9-22-12/h3-9,21H,10-11H2,1-2H3. The van der Waals surface area contributed by atoms with Gasteiger partial charge in [0.25, 0.3) is 5.56 Å². The van der Waals surface area contributed by atoms with Gasteiger partial charge < -0.3 is 9.52 Å². The molecule has 0 saturated carbocycles. The SMILES string of the molecule is CC(C)(O)CSc1nc2ccccc2c(=O)n1Cc1ccco1. The van der Waals surface area contributed by atoms with Crippen molar-refractivity contribution in [2.24, 2.45) is 0 Å². The molecule has 0 unspecified atom stereocenters. The van der Waals surface area contributed by atoms with Crippen LogP contribution in [0.15, 0.2) is 57.0 Å². The minimum atomic E-state index is -0.844. The van der Waals surface area contributed by atoms with E-state index in [1.807, 2.05) is 24.3 Å². The summed E-state index contributed by atoms with van der Waals surface area (Å²) in [7, 11) is 0. The fourth-order valence-corrected chi connectivity index (χ4v) is 3.15. The maximum absolute atomic E-state index is 12.8. The summed E-state index contributed by atoms with van der Waals surface area (Å²) >= 11 is 1.37. The van der Waals surface area contributed by atoms with Crippen molar-refractivity contribution < 1.29 is 9.52 Å². The first-order valence-electron chi connectivity index (χ1n) is 7.31. The molecule has 0 bridgehead atoms. The van der Waals surface area contributed by atoms with Crippen molar-refractivity contribution in [3.63, 3.8) is 0 Å². The zero-order chi connectivity index (χ0) is 16.4. The van der Waals surface area contributed by atoms with Crippen LogP contribution in [0.3, 0.4) is 0 Å². The van der Waals surface area contributed by atoms with Gasteiger partial charge in [0.1, 0.15) is 5.76 Å². The molecule has 0 saturated heterocycles. The normalized spacial score (nSPS) is 12.0. The molecule has 2 heterocycles. The van der Waals surface area contributed by atoms with Gasteiger partial charge in [0.15, 0.2) is 5.16 Å². The third-order valence-corrected chi connectivity index (χ3v) is 4.70. The molecule has 1 aromatic carbocycles. The van der Waals surface area contributed by atoms with E-state index in [9.17, 15) is 9.90 Å². The van der Waals surface area contributed by atoms with Gasteiger partial charge in [-0.3, -0.25) is 9.36 Å². The van der Waals surface area contributed by atoms with E-state index in [0.717, 1.165) is 0 Å². The lowest BCUT2D eigenvalue weighted by Gasteiger charge is -2.18. The molecule has 0 fully saturated rings. The maximum atomic E-state index is 12.8. The number of hydrogen-bond acceptors (Lipinski definition) is 5. The van der Waals surface area contributed by atoms with Gasteiger partial charge in [-0.1, -0.05) is 23.9 Å². The number of thioether (sulfide) groups is 1. The van der Waals surface area contributed by atoms with Crippen LogP contribution in [0.25, 0.3) is 10.9 Å². The van der Waals surface area contributed by atoms with Crippen LogP contribution in [-0.2, 0) is 6.54 Å². The van der Waals surface area contributed by atoms with Crippen molar-refractivity contribution in [2.45, 2.75) is 31.1 Å². The van der Waals surface area contributed by atoms with Crippen molar-refractivity contribution >= 4 is 22.7 Å². The molecule has 5 nitrogen and oxygen atoms in total. The Hall–Kier alpha value is -2.05. The fourth-order valence-electron chi connectivity index (χ4n) is 2.20. The molecular weight excluding hydrogens is 312 g/mol. The van der Waals surface area contributed by atoms with Gasteiger partial charge in [-0.05, 0) is 38.1 Å². The Bertz CT molecular complexity index is 864. The van der Waals surface area contributed by atoms with Crippen LogP contribution in [0.4, 0.5) is 0 Å². The summed E-state index contributed by atoms with van der Waals surface area (Å²) in [6.07, 6.45) is 1.58. The highest BCUT2D eigenvalue weighted by atomic mass is 32.2. The van der Waals surface area contributed by atoms with Gasteiger partial charge in [-0.2, -0.15) is 0 Å². The number of aliphatic hydroxyl groups is 1. The molecule has 0 atom stereocenters. The third-order valence-electron chi connectivity index (χ3n) is 3.28. The first-order chi connectivity index (χ1) is 10.9. The monoisotopic (exact) mass is 330 g/mol. The van der Waals surface area contributed by atoms with E-state index in [-0.39, 0.29) is 5.56 Å². The molecule has 0 aliphatic heterocycles. The molecule has 0 aliphatic rings. The Balaban J connectivity index is 2.09. The van der Waals surface area contributed by atoms with Crippen LogP contribution in [0.2, 0.25) is 0 Å². The van der Waals surface area contributed by atoms with Crippen LogP contribution in [0, 0.1) is 0 Å². The molecule has 6 heteroatoms. The number of fused-ring (bicyclic) bond motifs is 1. The first kappa shape index (κ1) is 15.8. The van der Waals surface area contributed by atoms with E-state index < -0.39 is 5.60 Å². The van der Waals surface area contributed by atoms with Crippen molar-refractivity contribution in [1.29, 1.82) is 0 Å². The Morgan fingerprint density at radius 1 is 1.26 bits per heavy atom. The molecule has 0 radical (unpaired) electrons. The minimum absolute atomic E-state index is 0.106. The summed E-state index contributed by atoms with van der Waals surface area (Å²) < 4.78 is 6.95. The smallest absolute Gasteiger partial charge is 0.262 e. The van der Waals surface area contributed by atoms with Gasteiger partial charge in [-0.15, -0.1) is 0 Å². The van der Waals surface area contributed by atoms with E-state index in [2.05, 4.69) is 4.98 Å². The lowest BCUT2D eigenvalue weighted by atomic mass is 10.2. The summed E-state index contributed by atoms with van der Waals surface area (Å²) in [6, 6.07) is 10.9. The van der Waals surface area contributed by atoms with E-state index in [1.165, 1.54) is 11.8 Å². The topological polar surface area (TPSA) is 68.3 Å². The highest BCUT2D eigenvalue weighted by Crippen LogP contribution is 2.22. The summed E-state index contributed by atoms with van der Waals surface area (Å²) in [4.78, 5) is 17.4. The first-order valence-corrected chi connectivity index (χ1v) is 8.30. The molecule has 3 aromatic rings. The number of benzene rings is 1. The average Bonchev–Trinajstić information content (AvgIpc) is 3.01. The minimum Gasteiger partial charge on any atom is -0.467 e. The quantitative estimate of drug-likeness (QED) is 0.575. The predicted octanol–water partition coefficient (Wildman–Crippen LogP) is 2.90. The van der Waals surface area contributed by atoms with Gasteiger partial charge in [0.2, 0.25) is 0 Å². The third kappa shape index (κ3) is 3.65. The average molecular weight is 330 g/mol. The number of aromatic nitrogens is 2. The van der Waals surface area contributed by atoms with Crippen LogP contribution in [0.1, 0.15) is 19.6 Å². The largest absolute Gasteiger partial charge is 0.467 e. The molecule has 1 N–H and O–H groups in total. The molecule has 0 aliphatic carbocycles. The number of para-hydroxylation sites is 1. The number of rotatable bonds is 5. The van der Waals surface area contributed by atoms with Crippen LogP contribution in [0.5, 0.6) is 0 Å². The van der Waals surface area contributed by atoms with Gasteiger partial charge >= 0.3 is 0 Å². The second kappa shape index (κ2) is 6.22. The van der Waals surface area contributed by atoms with Crippen molar-refractivity contribution in [2.75, 3.05) is 5.75 Å². The Morgan fingerprint density at radius 2 is 2.04 bits per heavy atom. The Kier molecular flexibility index (Phi) is 4.28. The maximum Gasteiger partial charge on any atom is 0.262 e. The van der Waals surface area contributed by atoms with E-state index in [4.69, 9.17) is 4.42 Å². The highest BCUT2D eigenvalue weighted by Gasteiger charge is 2.18. The number of furan rings is 1. The molecule has 0 amide bonds. The fraction of sp³-hybridized carbons (Fsp3) is 0.294. The summed E-state index contributed by atoms with van der Waals surface area (Å²) in [6.45, 7) is 3.78.